The number of ether oxygens (including phenoxy) is 1. The maximum Gasteiger partial charge on any atom is 0.333 e. The molecule has 0 saturated heterocycles. The van der Waals surface area contributed by atoms with Crippen LogP contribution in [0.2, 0.25) is 0 Å². The first-order chi connectivity index (χ1) is 14.3. The Morgan fingerprint density at radius 2 is 1.63 bits per heavy atom. The summed E-state index contributed by atoms with van der Waals surface area (Å²) >= 11 is 0. The molecule has 0 aromatic heterocycles. The van der Waals surface area contributed by atoms with Gasteiger partial charge in [-0.25, -0.2) is 13.1 Å². The topological polar surface area (TPSA) is 72.5 Å². The van der Waals surface area contributed by atoms with Crippen LogP contribution in [0.5, 0.6) is 0 Å². The first-order valence-electron chi connectivity index (χ1n) is 11.2. The quantitative estimate of drug-likeness (QED) is 0.689. The summed E-state index contributed by atoms with van der Waals surface area (Å²) in [5.41, 5.74) is 0.0764. The number of rotatable bonds is 7. The van der Waals surface area contributed by atoms with Gasteiger partial charge in [-0.3, -0.25) is 4.79 Å². The molecule has 1 aromatic carbocycles. The average Bonchev–Trinajstić information content (AvgIpc) is 2.64. The van der Waals surface area contributed by atoms with Crippen LogP contribution in [0.4, 0.5) is 4.39 Å². The van der Waals surface area contributed by atoms with E-state index in [0.717, 1.165) is 25.7 Å². The molecule has 0 radical (unpaired) electrons. The van der Waals surface area contributed by atoms with Gasteiger partial charge in [-0.05, 0) is 86.7 Å². The monoisotopic (exact) mass is 435 g/mol. The van der Waals surface area contributed by atoms with Gasteiger partial charge in [-0.1, -0.05) is 24.6 Å². The van der Waals surface area contributed by atoms with E-state index in [4.69, 9.17) is 4.74 Å². The largest absolute Gasteiger partial charge is 0.333 e. The van der Waals surface area contributed by atoms with Crippen LogP contribution in [-0.2, 0) is 14.8 Å². The van der Waals surface area contributed by atoms with Crippen LogP contribution >= 0.6 is 0 Å². The smallest absolute Gasteiger partial charge is 0.332 e. The maximum atomic E-state index is 16.2. The summed E-state index contributed by atoms with van der Waals surface area (Å²) in [4.78, 5) is 12.4. The van der Waals surface area contributed by atoms with Crippen molar-refractivity contribution in [2.75, 3.05) is 6.61 Å². The van der Waals surface area contributed by atoms with E-state index in [0.29, 0.717) is 30.6 Å². The van der Waals surface area contributed by atoms with Gasteiger partial charge in [0.2, 0.25) is 0 Å². The second-order valence-electron chi connectivity index (χ2n) is 10.2. The number of amides is 1. The van der Waals surface area contributed by atoms with Crippen molar-refractivity contribution in [2.24, 2.45) is 29.1 Å². The Morgan fingerprint density at radius 3 is 2.13 bits per heavy atom. The number of alkyl halides is 1. The zero-order valence-corrected chi connectivity index (χ0v) is 18.0. The number of hydrogen-bond donors (Lipinski definition) is 1. The van der Waals surface area contributed by atoms with Gasteiger partial charge < -0.3 is 4.74 Å². The van der Waals surface area contributed by atoms with Crippen molar-refractivity contribution in [2.45, 2.75) is 63.0 Å². The van der Waals surface area contributed by atoms with E-state index < -0.39 is 27.0 Å². The molecule has 5 aliphatic carbocycles. The summed E-state index contributed by atoms with van der Waals surface area (Å²) in [6.45, 7) is 0.129. The summed E-state index contributed by atoms with van der Waals surface area (Å²) < 4.78 is 50.0. The molecule has 1 N–H and O–H groups in total. The highest BCUT2D eigenvalue weighted by Crippen LogP contribution is 2.60. The van der Waals surface area contributed by atoms with Crippen LogP contribution in [0.1, 0.15) is 68.1 Å². The Hall–Kier alpha value is -1.47. The summed E-state index contributed by atoms with van der Waals surface area (Å²) in [5, 5.41) is -2.86. The molecule has 4 bridgehead atoms. The third-order valence-corrected chi connectivity index (χ3v) is 9.60. The molecule has 30 heavy (non-hydrogen) atoms. The lowest BCUT2D eigenvalue weighted by Gasteiger charge is -2.57. The Balaban J connectivity index is 1.35. The minimum absolute atomic E-state index is 0.102. The van der Waals surface area contributed by atoms with Gasteiger partial charge in [-0.15, -0.1) is 0 Å². The molecule has 1 amide bonds. The normalized spacial score (nSPS) is 34.9. The Bertz CT molecular complexity index is 879. The molecule has 7 heteroatoms. The predicted octanol–water partition coefficient (Wildman–Crippen LogP) is 4.40. The lowest BCUT2D eigenvalue weighted by atomic mass is 9.50. The van der Waals surface area contributed by atoms with Crippen LogP contribution in [0.25, 0.3) is 0 Å². The highest BCUT2D eigenvalue weighted by molar-refractivity contribution is 7.91. The zero-order chi connectivity index (χ0) is 21.0. The number of halogens is 1. The number of carbonyl (C=O) groups is 1. The number of benzene rings is 1. The third-order valence-electron chi connectivity index (χ3n) is 7.96. The Morgan fingerprint density at radius 1 is 1.07 bits per heavy atom. The van der Waals surface area contributed by atoms with Crippen molar-refractivity contribution in [3.8, 4) is 0 Å². The molecule has 5 saturated carbocycles. The number of nitrogens with one attached hydrogen (secondary N) is 1. The molecule has 6 rings (SSSR count). The third kappa shape index (κ3) is 3.48. The van der Waals surface area contributed by atoms with E-state index in [-0.39, 0.29) is 17.6 Å². The van der Waals surface area contributed by atoms with E-state index in [1.807, 2.05) is 4.72 Å². The summed E-state index contributed by atoms with van der Waals surface area (Å²) in [6.07, 6.45) is 8.49. The van der Waals surface area contributed by atoms with E-state index in [1.165, 1.54) is 31.4 Å². The maximum absolute atomic E-state index is 16.2. The summed E-state index contributed by atoms with van der Waals surface area (Å²) in [5.74, 6) is 0.466. The fourth-order valence-corrected chi connectivity index (χ4v) is 8.12. The van der Waals surface area contributed by atoms with Crippen molar-refractivity contribution in [3.05, 3.63) is 35.9 Å². The molecule has 1 atom stereocenters. The fraction of sp³-hybridized carbons (Fsp3) is 0.696. The molecule has 5 nitrogen and oxygen atoms in total. The Labute approximate surface area is 177 Å². The van der Waals surface area contributed by atoms with Gasteiger partial charge >= 0.3 is 5.19 Å². The molecule has 0 spiro atoms. The SMILES string of the molecule is O=C(NS(=O)(=O)C(F)(OCC12CC3CC(CC(C3)C1)C2)C1CCC1)c1ccccc1. The van der Waals surface area contributed by atoms with Crippen LogP contribution in [0, 0.1) is 29.1 Å². The Kier molecular flexibility index (Phi) is 4.97. The molecule has 0 aliphatic heterocycles. The molecule has 1 unspecified atom stereocenters. The first kappa shape index (κ1) is 20.4. The van der Waals surface area contributed by atoms with Gasteiger partial charge in [0.25, 0.3) is 15.9 Å². The molecular formula is C23H30FNO4S. The van der Waals surface area contributed by atoms with Gasteiger partial charge in [0.15, 0.2) is 0 Å². The van der Waals surface area contributed by atoms with Crippen LogP contribution in [0.3, 0.4) is 0 Å². The van der Waals surface area contributed by atoms with Crippen LogP contribution < -0.4 is 4.72 Å². The van der Waals surface area contributed by atoms with Crippen molar-refractivity contribution >= 4 is 15.9 Å². The van der Waals surface area contributed by atoms with Gasteiger partial charge in [-0.2, -0.15) is 4.39 Å². The fourth-order valence-electron chi connectivity index (χ4n) is 6.73. The van der Waals surface area contributed by atoms with E-state index in [2.05, 4.69) is 0 Å². The van der Waals surface area contributed by atoms with E-state index >= 15 is 4.39 Å². The second kappa shape index (κ2) is 7.30. The number of hydrogen-bond acceptors (Lipinski definition) is 4. The predicted molar refractivity (Wildman–Crippen MR) is 111 cm³/mol. The van der Waals surface area contributed by atoms with Crippen molar-refractivity contribution in [3.63, 3.8) is 0 Å². The minimum atomic E-state index is -4.65. The lowest BCUT2D eigenvalue weighted by molar-refractivity contribution is -0.184. The van der Waals surface area contributed by atoms with E-state index in [9.17, 15) is 13.2 Å². The van der Waals surface area contributed by atoms with Crippen LogP contribution in [-0.4, -0.2) is 26.1 Å². The van der Waals surface area contributed by atoms with Crippen molar-refractivity contribution < 1.29 is 22.3 Å². The van der Waals surface area contributed by atoms with Gasteiger partial charge in [0.1, 0.15) is 0 Å². The summed E-state index contributed by atoms with van der Waals surface area (Å²) in [7, 11) is -4.65. The number of sulfonamides is 1. The lowest BCUT2D eigenvalue weighted by Crippen LogP contribution is -2.56. The zero-order valence-electron chi connectivity index (χ0n) is 17.2. The molecule has 5 aliphatic rings. The second-order valence-corrected chi connectivity index (χ2v) is 12.0. The minimum Gasteiger partial charge on any atom is -0.332 e. The highest BCUT2D eigenvalue weighted by atomic mass is 32.2. The first-order valence-corrected chi connectivity index (χ1v) is 12.7. The van der Waals surface area contributed by atoms with Crippen molar-refractivity contribution in [1.82, 2.24) is 4.72 Å². The molecule has 1 aromatic rings. The molecule has 164 valence electrons. The van der Waals surface area contributed by atoms with Crippen molar-refractivity contribution in [1.29, 1.82) is 0 Å². The number of carbonyl (C=O) groups excluding carboxylic acids is 1. The molecule has 0 heterocycles. The summed E-state index contributed by atoms with van der Waals surface area (Å²) in [6, 6.07) is 8.02. The standard InChI is InChI=1S/C23H30FNO4S/c24-23(20-7-4-8-20,30(27,28)25-21(26)19-5-2-1-3-6-19)29-15-22-12-16-9-17(13-22)11-18(10-16)14-22/h1-3,5-6,16-18,20H,4,7-15H2,(H,25,26). The average molecular weight is 436 g/mol. The van der Waals surface area contributed by atoms with Crippen LogP contribution in [0.15, 0.2) is 30.3 Å². The van der Waals surface area contributed by atoms with Gasteiger partial charge in [0, 0.05) is 11.5 Å². The molecule has 5 fully saturated rings. The highest BCUT2D eigenvalue weighted by Gasteiger charge is 2.58. The van der Waals surface area contributed by atoms with E-state index in [1.54, 1.807) is 18.2 Å². The molecular weight excluding hydrogens is 405 g/mol. The van der Waals surface area contributed by atoms with Gasteiger partial charge in [0.05, 0.1) is 6.61 Å².